The first-order valence-electron chi connectivity index (χ1n) is 10.3. The van der Waals surface area contributed by atoms with Gasteiger partial charge >= 0.3 is 6.09 Å². The first-order valence-corrected chi connectivity index (χ1v) is 10.8. The van der Waals surface area contributed by atoms with Gasteiger partial charge in [0.15, 0.2) is 5.82 Å². The molecule has 1 saturated carbocycles. The zero-order chi connectivity index (χ0) is 23.3. The number of nitrogens with zero attached hydrogens (tertiary/aromatic N) is 1. The number of hydrogen-bond donors (Lipinski definition) is 4. The molecule has 2 aromatic rings. The number of carbonyl (C=O) groups excluding carboxylic acids is 2. The second kappa shape index (κ2) is 10.2. The van der Waals surface area contributed by atoms with E-state index in [4.69, 9.17) is 4.74 Å². The monoisotopic (exact) mass is 463 g/mol. The number of carbonyl (C=O) groups is 2. The lowest BCUT2D eigenvalue weighted by Gasteiger charge is -2.22. The number of ether oxygens (including phenoxy) is 1. The predicted molar refractivity (Wildman–Crippen MR) is 113 cm³/mol. The van der Waals surface area contributed by atoms with Crippen molar-refractivity contribution in [3.63, 3.8) is 0 Å². The maximum atomic E-state index is 13.3. The van der Waals surface area contributed by atoms with E-state index >= 15 is 0 Å². The number of halogens is 2. The van der Waals surface area contributed by atoms with E-state index in [1.165, 1.54) is 0 Å². The number of hydrogen-bond acceptors (Lipinski definition) is 5. The minimum Gasteiger partial charge on any atom is -0.446 e. The predicted octanol–water partition coefficient (Wildman–Crippen LogP) is 2.28. The maximum absolute atomic E-state index is 13.3. The van der Waals surface area contributed by atoms with Crippen LogP contribution in [0, 0.1) is 11.6 Å². The van der Waals surface area contributed by atoms with E-state index < -0.39 is 34.8 Å². The molecule has 3 atom stereocenters. The van der Waals surface area contributed by atoms with Gasteiger partial charge in [-0.3, -0.25) is 9.89 Å². The first kappa shape index (κ1) is 23.9. The average Bonchev–Trinajstić information content (AvgIpc) is 3.33. The number of alkyl carbamates (subject to hydrolysis) is 1. The molecule has 8 nitrogen and oxygen atoms in total. The van der Waals surface area contributed by atoms with Gasteiger partial charge < -0.3 is 20.5 Å². The molecule has 1 aliphatic carbocycles. The Morgan fingerprint density at radius 2 is 2.06 bits per heavy atom. The zero-order valence-corrected chi connectivity index (χ0v) is 18.6. The number of anilines is 1. The van der Waals surface area contributed by atoms with E-state index in [1.807, 2.05) is 6.92 Å². The van der Waals surface area contributed by atoms with Crippen LogP contribution >= 0.6 is 0 Å². The Morgan fingerprint density at radius 1 is 1.34 bits per heavy atom. The number of aliphatic hydroxyl groups is 1. The summed E-state index contributed by atoms with van der Waals surface area (Å²) in [5, 5.41) is 21.1. The molecule has 11 heteroatoms. The lowest BCUT2D eigenvalue weighted by Crippen LogP contribution is -2.34. The molecule has 1 fully saturated rings. The number of amides is 2. The second-order valence-corrected chi connectivity index (χ2v) is 8.92. The summed E-state index contributed by atoms with van der Waals surface area (Å²) < 4.78 is 32.0. The van der Waals surface area contributed by atoms with Crippen molar-refractivity contribution in [3.8, 4) is 0 Å². The molecule has 1 aromatic heterocycles. The van der Waals surface area contributed by atoms with Gasteiger partial charge in [-0.15, -0.1) is 0 Å². The Hall–Kier alpha value is -2.79. The molecular weight excluding hydrogens is 438 g/mol. The smallest absolute Gasteiger partial charge is 0.407 e. The van der Waals surface area contributed by atoms with Gasteiger partial charge in [0, 0.05) is 39.7 Å². The molecule has 3 radical (unpaired) electrons. The van der Waals surface area contributed by atoms with E-state index in [0.29, 0.717) is 31.4 Å². The number of H-pyrrole nitrogens is 1. The van der Waals surface area contributed by atoms with Crippen LogP contribution in [0.15, 0.2) is 24.3 Å². The fraction of sp³-hybridized carbons (Fsp3) is 0.476. The Morgan fingerprint density at radius 3 is 2.75 bits per heavy atom. The summed E-state index contributed by atoms with van der Waals surface area (Å²) in [5.74, 6) is -1.68. The third kappa shape index (κ3) is 6.36. The molecule has 32 heavy (non-hydrogen) atoms. The highest BCUT2D eigenvalue weighted by molar-refractivity contribution is 6.16. The van der Waals surface area contributed by atoms with Crippen LogP contribution in [0.1, 0.15) is 43.9 Å². The van der Waals surface area contributed by atoms with Crippen LogP contribution in [0.5, 0.6) is 0 Å². The highest BCUT2D eigenvalue weighted by Crippen LogP contribution is 2.39. The largest absolute Gasteiger partial charge is 0.446 e. The van der Waals surface area contributed by atoms with Crippen molar-refractivity contribution in [2.24, 2.45) is 0 Å². The van der Waals surface area contributed by atoms with Crippen LogP contribution in [-0.2, 0) is 21.0 Å². The first-order chi connectivity index (χ1) is 15.2. The van der Waals surface area contributed by atoms with Crippen molar-refractivity contribution in [3.05, 3.63) is 47.2 Å². The van der Waals surface area contributed by atoms with Crippen LogP contribution < -0.4 is 10.6 Å². The Kier molecular flexibility index (Phi) is 7.62. The highest BCUT2D eigenvalue weighted by atomic mass is 28.1. The van der Waals surface area contributed by atoms with Gasteiger partial charge in [0.25, 0.3) is 0 Å². The minimum absolute atomic E-state index is 0.132. The summed E-state index contributed by atoms with van der Waals surface area (Å²) >= 11 is 0. The molecule has 171 valence electrons. The van der Waals surface area contributed by atoms with E-state index in [1.54, 1.807) is 6.07 Å². The van der Waals surface area contributed by atoms with Crippen molar-refractivity contribution >= 4 is 28.1 Å². The summed E-state index contributed by atoms with van der Waals surface area (Å²) in [6, 6.07) is 4.61. The third-order valence-electron chi connectivity index (χ3n) is 5.34. The molecule has 1 heterocycles. The molecule has 1 aliphatic rings. The Labute approximate surface area is 187 Å². The summed E-state index contributed by atoms with van der Waals surface area (Å²) in [6.07, 6.45) is 0.599. The van der Waals surface area contributed by atoms with Crippen LogP contribution in [0.3, 0.4) is 0 Å². The fourth-order valence-corrected chi connectivity index (χ4v) is 4.10. The van der Waals surface area contributed by atoms with Crippen LogP contribution in [0.25, 0.3) is 0 Å². The fourth-order valence-electron chi connectivity index (χ4n) is 3.60. The molecule has 2 unspecified atom stereocenters. The van der Waals surface area contributed by atoms with Gasteiger partial charge in [-0.25, -0.2) is 13.6 Å². The molecular formula is C21H25F2N4O4Si. The lowest BCUT2D eigenvalue weighted by atomic mass is 10.0. The van der Waals surface area contributed by atoms with Crippen molar-refractivity contribution in [1.82, 2.24) is 15.5 Å². The van der Waals surface area contributed by atoms with Gasteiger partial charge in [-0.2, -0.15) is 5.10 Å². The average molecular weight is 464 g/mol. The van der Waals surface area contributed by atoms with Crippen LogP contribution in [-0.4, -0.2) is 56.3 Å². The molecule has 1 aromatic carbocycles. The maximum Gasteiger partial charge on any atom is 0.407 e. The summed E-state index contributed by atoms with van der Waals surface area (Å²) in [4.78, 5) is 24.1. The standard InChI is InChI=1S/C21H25F2N4O4Si/c1-2-15(28)11-24-20(30)31-16-3-4-21(32,10-16)17-9-18(27-26-17)25-19(29)7-12-5-13(22)8-14(23)6-12/h5-6,8-9,15-16,28H,2-4,7,10-11H2,1H3,(H,24,30)(H2,25,26,27,29)/t15?,16?,21-/m1/s1. The van der Waals surface area contributed by atoms with Crippen molar-refractivity contribution in [2.75, 3.05) is 11.9 Å². The molecule has 0 spiro atoms. The summed E-state index contributed by atoms with van der Waals surface area (Å²) in [6.45, 7) is 1.95. The Balaban J connectivity index is 1.53. The quantitative estimate of drug-likeness (QED) is 0.448. The molecule has 0 saturated heterocycles. The Bertz CT molecular complexity index is 953. The minimum atomic E-state index is -0.746. The van der Waals surface area contributed by atoms with Gasteiger partial charge in [0.1, 0.15) is 17.7 Å². The van der Waals surface area contributed by atoms with Gasteiger partial charge in [0.2, 0.25) is 5.91 Å². The summed E-state index contributed by atoms with van der Waals surface area (Å²) in [5.41, 5.74) is 0.919. The van der Waals surface area contributed by atoms with Gasteiger partial charge in [-0.05, 0) is 43.4 Å². The van der Waals surface area contributed by atoms with E-state index in [9.17, 15) is 23.5 Å². The van der Waals surface area contributed by atoms with E-state index in [-0.39, 0.29) is 30.5 Å². The van der Waals surface area contributed by atoms with Crippen LogP contribution in [0.4, 0.5) is 19.4 Å². The summed E-state index contributed by atoms with van der Waals surface area (Å²) in [7, 11) is 3.75. The van der Waals surface area contributed by atoms with Crippen LogP contribution in [0.2, 0.25) is 0 Å². The number of rotatable bonds is 8. The van der Waals surface area contributed by atoms with Crippen molar-refractivity contribution in [2.45, 2.75) is 56.3 Å². The third-order valence-corrected chi connectivity index (χ3v) is 6.07. The number of nitrogens with one attached hydrogen (secondary N) is 3. The van der Waals surface area contributed by atoms with E-state index in [2.05, 4.69) is 31.1 Å². The zero-order valence-electron chi connectivity index (χ0n) is 17.6. The normalized spacial score (nSPS) is 21.2. The number of aromatic nitrogens is 2. The molecule has 3 rings (SSSR count). The van der Waals surface area contributed by atoms with Gasteiger partial charge in [-0.1, -0.05) is 6.92 Å². The van der Waals surface area contributed by atoms with Crippen molar-refractivity contribution < 1.29 is 28.2 Å². The SMILES string of the molecule is CCC(O)CNC(=O)OC1CC[C@]([Si])(c2cc(NC(=O)Cc3cc(F)cc(F)c3)n[nH]2)C1. The topological polar surface area (TPSA) is 116 Å². The van der Waals surface area contributed by atoms with Crippen molar-refractivity contribution in [1.29, 1.82) is 0 Å². The molecule has 2 amide bonds. The van der Waals surface area contributed by atoms with E-state index in [0.717, 1.165) is 18.2 Å². The molecule has 0 bridgehead atoms. The number of aromatic amines is 1. The molecule has 0 aliphatic heterocycles. The number of benzene rings is 1. The number of aliphatic hydroxyl groups excluding tert-OH is 1. The lowest BCUT2D eigenvalue weighted by molar-refractivity contribution is -0.115. The molecule has 4 N–H and O–H groups in total. The highest BCUT2D eigenvalue weighted by Gasteiger charge is 2.40. The van der Waals surface area contributed by atoms with Gasteiger partial charge in [0.05, 0.1) is 12.5 Å². The second-order valence-electron chi connectivity index (χ2n) is 7.96.